The number of aryl methyl sites for hydroxylation is 2. The van der Waals surface area contributed by atoms with Crippen LogP contribution >= 0.6 is 15.9 Å². The Kier molecular flexibility index (Phi) is 8.45. The van der Waals surface area contributed by atoms with Crippen LogP contribution in [0.25, 0.3) is 0 Å². The number of unbranched alkanes of at least 4 members (excludes halogenated alkanes) is 5. The van der Waals surface area contributed by atoms with E-state index >= 15 is 0 Å². The number of hydrogen-bond donors (Lipinski definition) is 0. The van der Waals surface area contributed by atoms with Gasteiger partial charge in [0.1, 0.15) is 0 Å². The van der Waals surface area contributed by atoms with Crippen LogP contribution in [0.5, 0.6) is 0 Å². The summed E-state index contributed by atoms with van der Waals surface area (Å²) in [7, 11) is 0. The summed E-state index contributed by atoms with van der Waals surface area (Å²) in [6, 6.07) is 6.79. The summed E-state index contributed by atoms with van der Waals surface area (Å²) < 4.78 is 0. The molecule has 1 aromatic rings. The highest BCUT2D eigenvalue weighted by Gasteiger charge is 2.07. The van der Waals surface area contributed by atoms with E-state index in [1.54, 1.807) is 0 Å². The maximum atomic E-state index is 3.86. The van der Waals surface area contributed by atoms with Crippen molar-refractivity contribution in [3.8, 4) is 0 Å². The highest BCUT2D eigenvalue weighted by Crippen LogP contribution is 2.20. The average molecular weight is 325 g/mol. The topological polar surface area (TPSA) is 0 Å². The molecule has 0 aromatic heterocycles. The maximum absolute atomic E-state index is 3.86. The first-order valence-corrected chi connectivity index (χ1v) is 8.75. The van der Waals surface area contributed by atoms with Gasteiger partial charge >= 0.3 is 0 Å². The van der Waals surface area contributed by atoms with E-state index in [9.17, 15) is 0 Å². The third kappa shape index (κ3) is 7.15. The van der Waals surface area contributed by atoms with Crippen molar-refractivity contribution in [3.05, 3.63) is 34.9 Å². The van der Waals surface area contributed by atoms with Crippen molar-refractivity contribution in [1.82, 2.24) is 0 Å². The van der Waals surface area contributed by atoms with E-state index in [1.807, 2.05) is 0 Å². The minimum Gasteiger partial charge on any atom is -0.0887 e. The maximum Gasteiger partial charge on any atom is 0.0186 e. The van der Waals surface area contributed by atoms with Crippen LogP contribution in [0.2, 0.25) is 0 Å². The molecule has 1 rings (SSSR count). The Balaban J connectivity index is 2.23. The van der Waals surface area contributed by atoms with E-state index in [1.165, 1.54) is 68.1 Å². The minimum atomic E-state index is 0.638. The van der Waals surface area contributed by atoms with Gasteiger partial charge in [-0.1, -0.05) is 85.1 Å². The highest BCUT2D eigenvalue weighted by atomic mass is 79.9. The molecule has 1 heteroatoms. The zero-order valence-electron chi connectivity index (χ0n) is 12.8. The molecular formula is C18H29Br. The normalized spacial score (nSPS) is 12.6. The molecule has 1 unspecified atom stereocenters. The molecule has 1 atom stereocenters. The third-order valence-corrected chi connectivity index (χ3v) is 4.60. The lowest BCUT2D eigenvalue weighted by Gasteiger charge is -2.12. The second kappa shape index (κ2) is 9.58. The highest BCUT2D eigenvalue weighted by molar-refractivity contribution is 9.09. The Morgan fingerprint density at radius 3 is 2.42 bits per heavy atom. The molecule has 0 saturated heterocycles. The van der Waals surface area contributed by atoms with E-state index < -0.39 is 0 Å². The van der Waals surface area contributed by atoms with E-state index in [-0.39, 0.29) is 0 Å². The summed E-state index contributed by atoms with van der Waals surface area (Å²) in [6.45, 7) is 6.68. The Hall–Kier alpha value is -0.300. The summed E-state index contributed by atoms with van der Waals surface area (Å²) in [5.41, 5.74) is 4.31. The van der Waals surface area contributed by atoms with Gasteiger partial charge < -0.3 is 0 Å². The second-order valence-corrected chi connectivity index (χ2v) is 7.08. The van der Waals surface area contributed by atoms with Crippen LogP contribution in [0, 0.1) is 13.8 Å². The SMILES string of the molecule is CCCCCCCCC(Br)Cc1cc(C)ccc1C. The van der Waals surface area contributed by atoms with Crippen LogP contribution < -0.4 is 0 Å². The van der Waals surface area contributed by atoms with E-state index in [0.29, 0.717) is 4.83 Å². The zero-order valence-corrected chi connectivity index (χ0v) is 14.4. The summed E-state index contributed by atoms with van der Waals surface area (Å²) in [4.78, 5) is 0.638. The molecule has 0 nitrogen and oxygen atoms in total. The van der Waals surface area contributed by atoms with E-state index in [4.69, 9.17) is 0 Å². The Morgan fingerprint density at radius 2 is 1.68 bits per heavy atom. The van der Waals surface area contributed by atoms with Gasteiger partial charge in [0.15, 0.2) is 0 Å². The van der Waals surface area contributed by atoms with Crippen molar-refractivity contribution in [2.75, 3.05) is 0 Å². The second-order valence-electron chi connectivity index (χ2n) is 5.79. The molecule has 0 radical (unpaired) electrons. The number of hydrogen-bond acceptors (Lipinski definition) is 0. The molecule has 0 heterocycles. The van der Waals surface area contributed by atoms with E-state index in [0.717, 1.165) is 0 Å². The number of alkyl halides is 1. The van der Waals surface area contributed by atoms with Gasteiger partial charge in [-0.25, -0.2) is 0 Å². The Bertz CT molecular complexity index is 357. The molecule has 0 spiro atoms. The molecule has 0 aliphatic carbocycles. The molecule has 0 bridgehead atoms. The number of halogens is 1. The molecule has 0 fully saturated rings. The molecule has 1 aromatic carbocycles. The molecule has 0 aliphatic rings. The quantitative estimate of drug-likeness (QED) is 0.366. The monoisotopic (exact) mass is 324 g/mol. The lowest BCUT2D eigenvalue weighted by molar-refractivity contribution is 0.582. The van der Waals surface area contributed by atoms with Gasteiger partial charge in [0.25, 0.3) is 0 Å². The van der Waals surface area contributed by atoms with Crippen molar-refractivity contribution in [3.63, 3.8) is 0 Å². The first kappa shape index (κ1) is 16.8. The van der Waals surface area contributed by atoms with Crippen molar-refractivity contribution in [2.45, 2.75) is 77.0 Å². The van der Waals surface area contributed by atoms with Crippen molar-refractivity contribution in [1.29, 1.82) is 0 Å². The summed E-state index contributed by atoms with van der Waals surface area (Å²) in [6.07, 6.45) is 10.8. The standard InChI is InChI=1S/C18H29Br/c1-4-5-6-7-8-9-10-18(19)14-17-13-15(2)11-12-16(17)3/h11-13,18H,4-10,14H2,1-3H3. The summed E-state index contributed by atoms with van der Waals surface area (Å²) >= 11 is 3.86. The van der Waals surface area contributed by atoms with Gasteiger partial charge in [-0.3, -0.25) is 0 Å². The van der Waals surface area contributed by atoms with Gasteiger partial charge in [-0.05, 0) is 37.8 Å². The molecule has 108 valence electrons. The van der Waals surface area contributed by atoms with Gasteiger partial charge in [-0.2, -0.15) is 0 Å². The van der Waals surface area contributed by atoms with Crippen molar-refractivity contribution >= 4 is 15.9 Å². The van der Waals surface area contributed by atoms with E-state index in [2.05, 4.69) is 54.9 Å². The average Bonchev–Trinajstić information content (AvgIpc) is 2.38. The lowest BCUT2D eigenvalue weighted by Crippen LogP contribution is -2.04. The van der Waals surface area contributed by atoms with Gasteiger partial charge in [0.2, 0.25) is 0 Å². The van der Waals surface area contributed by atoms with Crippen LogP contribution in [0.1, 0.15) is 68.6 Å². The van der Waals surface area contributed by atoms with Crippen LogP contribution in [-0.2, 0) is 6.42 Å². The zero-order chi connectivity index (χ0) is 14.1. The van der Waals surface area contributed by atoms with Crippen LogP contribution in [0.15, 0.2) is 18.2 Å². The smallest absolute Gasteiger partial charge is 0.0186 e. The molecule has 19 heavy (non-hydrogen) atoms. The molecule has 0 saturated carbocycles. The number of benzene rings is 1. The van der Waals surface area contributed by atoms with Gasteiger partial charge in [-0.15, -0.1) is 0 Å². The Labute approximate surface area is 128 Å². The van der Waals surface area contributed by atoms with Crippen molar-refractivity contribution < 1.29 is 0 Å². The fraction of sp³-hybridized carbons (Fsp3) is 0.667. The molecule has 0 amide bonds. The first-order valence-electron chi connectivity index (χ1n) is 7.83. The fourth-order valence-electron chi connectivity index (χ4n) is 2.51. The van der Waals surface area contributed by atoms with Gasteiger partial charge in [0, 0.05) is 4.83 Å². The predicted molar refractivity (Wildman–Crippen MR) is 90.3 cm³/mol. The van der Waals surface area contributed by atoms with Crippen LogP contribution in [-0.4, -0.2) is 4.83 Å². The minimum absolute atomic E-state index is 0.638. The summed E-state index contributed by atoms with van der Waals surface area (Å²) in [5, 5.41) is 0. The van der Waals surface area contributed by atoms with Gasteiger partial charge in [0.05, 0.1) is 0 Å². The van der Waals surface area contributed by atoms with Crippen molar-refractivity contribution in [2.24, 2.45) is 0 Å². The molecule has 0 aliphatic heterocycles. The van der Waals surface area contributed by atoms with Crippen LogP contribution in [0.4, 0.5) is 0 Å². The largest absolute Gasteiger partial charge is 0.0887 e. The predicted octanol–water partition coefficient (Wildman–Crippen LogP) is 6.36. The number of rotatable bonds is 9. The molecule has 0 N–H and O–H groups in total. The Morgan fingerprint density at radius 1 is 1.00 bits per heavy atom. The molecular weight excluding hydrogens is 296 g/mol. The lowest BCUT2D eigenvalue weighted by atomic mass is 9.99. The first-order chi connectivity index (χ1) is 9.13. The fourth-order valence-corrected chi connectivity index (χ4v) is 3.18. The summed E-state index contributed by atoms with van der Waals surface area (Å²) in [5.74, 6) is 0. The van der Waals surface area contributed by atoms with Crippen LogP contribution in [0.3, 0.4) is 0 Å². The third-order valence-electron chi connectivity index (χ3n) is 3.82.